The average molecular weight is 436 g/mol. The number of ether oxygens (including phenoxy) is 2. The molecule has 3 heterocycles. The third-order valence-corrected chi connectivity index (χ3v) is 5.69. The number of carbonyl (C=O) groups excluding carboxylic acids is 1. The Morgan fingerprint density at radius 3 is 2.93 bits per heavy atom. The number of hydrogen-bond acceptors (Lipinski definition) is 5. The molecule has 0 spiro atoms. The number of piperidine rings is 1. The van der Waals surface area contributed by atoms with Gasteiger partial charge in [-0.2, -0.15) is 0 Å². The van der Waals surface area contributed by atoms with E-state index in [1.165, 1.54) is 10.9 Å². The second-order valence-electron chi connectivity index (χ2n) is 7.01. The van der Waals surface area contributed by atoms with Gasteiger partial charge in [0.1, 0.15) is 0 Å². The van der Waals surface area contributed by atoms with Crippen LogP contribution in [0, 0.1) is 5.92 Å². The first-order valence-corrected chi connectivity index (χ1v) is 10.1. The lowest BCUT2D eigenvalue weighted by atomic mass is 9.97. The number of hydrogen-bond donors (Lipinski definition) is 0. The van der Waals surface area contributed by atoms with E-state index >= 15 is 0 Å². The van der Waals surface area contributed by atoms with Crippen LogP contribution in [0.15, 0.2) is 33.8 Å². The fourth-order valence-electron chi connectivity index (χ4n) is 3.77. The minimum Gasteiger partial charge on any atom is -0.350 e. The van der Waals surface area contributed by atoms with Crippen LogP contribution in [0.5, 0.6) is 0 Å². The molecule has 0 radical (unpaired) electrons. The second kappa shape index (κ2) is 8.08. The third-order valence-electron chi connectivity index (χ3n) is 5.20. The zero-order valence-corrected chi connectivity index (χ0v) is 16.6. The molecule has 1 aromatic carbocycles. The Labute approximate surface area is 165 Å². The van der Waals surface area contributed by atoms with Crippen LogP contribution in [-0.2, 0) is 20.8 Å². The Kier molecular flexibility index (Phi) is 5.56. The van der Waals surface area contributed by atoms with E-state index in [2.05, 4.69) is 20.9 Å². The van der Waals surface area contributed by atoms with Gasteiger partial charge in [-0.3, -0.25) is 14.2 Å². The lowest BCUT2D eigenvalue weighted by Gasteiger charge is -2.34. The van der Waals surface area contributed by atoms with Gasteiger partial charge in [0.15, 0.2) is 6.29 Å². The summed E-state index contributed by atoms with van der Waals surface area (Å²) in [5.41, 5.74) is 0.527. The molecule has 1 atom stereocenters. The number of aryl methyl sites for hydroxylation is 1. The van der Waals surface area contributed by atoms with Gasteiger partial charge in [-0.05, 0) is 31.0 Å². The molecule has 8 heteroatoms. The van der Waals surface area contributed by atoms with E-state index in [4.69, 9.17) is 9.47 Å². The van der Waals surface area contributed by atoms with Crippen molar-refractivity contribution in [2.45, 2.75) is 32.1 Å². The minimum atomic E-state index is -0.189. The van der Waals surface area contributed by atoms with Crippen LogP contribution in [0.4, 0.5) is 0 Å². The molecule has 2 saturated heterocycles. The van der Waals surface area contributed by atoms with Gasteiger partial charge < -0.3 is 14.4 Å². The number of fused-ring (bicyclic) bond motifs is 1. The monoisotopic (exact) mass is 435 g/mol. The number of aromatic nitrogens is 2. The van der Waals surface area contributed by atoms with Crippen molar-refractivity contribution in [3.8, 4) is 0 Å². The quantitative estimate of drug-likeness (QED) is 0.735. The van der Waals surface area contributed by atoms with Crippen molar-refractivity contribution in [3.63, 3.8) is 0 Å². The van der Waals surface area contributed by atoms with Crippen molar-refractivity contribution >= 4 is 32.7 Å². The number of halogens is 1. The maximum atomic E-state index is 12.7. The highest BCUT2D eigenvalue weighted by atomic mass is 79.9. The number of rotatable bonds is 4. The summed E-state index contributed by atoms with van der Waals surface area (Å²) >= 11 is 3.38. The van der Waals surface area contributed by atoms with E-state index in [9.17, 15) is 9.59 Å². The molecular weight excluding hydrogens is 414 g/mol. The molecule has 0 bridgehead atoms. The summed E-state index contributed by atoms with van der Waals surface area (Å²) in [6.07, 6.45) is 3.57. The number of nitrogens with zero attached hydrogens (tertiary/aromatic N) is 3. The van der Waals surface area contributed by atoms with Gasteiger partial charge >= 0.3 is 0 Å². The van der Waals surface area contributed by atoms with Gasteiger partial charge in [-0.25, -0.2) is 4.98 Å². The van der Waals surface area contributed by atoms with Crippen LogP contribution in [-0.4, -0.2) is 53.0 Å². The van der Waals surface area contributed by atoms with E-state index in [1.807, 2.05) is 11.0 Å². The van der Waals surface area contributed by atoms with E-state index in [0.29, 0.717) is 37.2 Å². The molecule has 7 nitrogen and oxygen atoms in total. The fourth-order valence-corrected chi connectivity index (χ4v) is 4.13. The Bertz CT molecular complexity index is 894. The summed E-state index contributed by atoms with van der Waals surface area (Å²) in [5, 5.41) is 0.549. The van der Waals surface area contributed by atoms with Crippen molar-refractivity contribution in [1.82, 2.24) is 14.5 Å². The maximum absolute atomic E-state index is 12.7. The topological polar surface area (TPSA) is 73.7 Å². The number of likely N-dealkylation sites (tertiary alicyclic amines) is 1. The van der Waals surface area contributed by atoms with Crippen LogP contribution >= 0.6 is 15.9 Å². The molecule has 4 rings (SSSR count). The highest BCUT2D eigenvalue weighted by Crippen LogP contribution is 2.25. The first-order chi connectivity index (χ1) is 13.1. The minimum absolute atomic E-state index is 0.0546. The average Bonchev–Trinajstić information content (AvgIpc) is 3.23. The number of carbonyl (C=O) groups is 1. The highest BCUT2D eigenvalue weighted by molar-refractivity contribution is 9.10. The van der Waals surface area contributed by atoms with Crippen molar-refractivity contribution in [2.24, 2.45) is 5.92 Å². The molecule has 27 heavy (non-hydrogen) atoms. The smallest absolute Gasteiger partial charge is 0.261 e. The second-order valence-corrected chi connectivity index (χ2v) is 7.92. The molecule has 2 aromatic rings. The van der Waals surface area contributed by atoms with Crippen LogP contribution in [0.25, 0.3) is 10.9 Å². The van der Waals surface area contributed by atoms with E-state index in [-0.39, 0.29) is 30.1 Å². The Morgan fingerprint density at radius 2 is 2.11 bits per heavy atom. The third kappa shape index (κ3) is 4.07. The molecule has 0 aliphatic carbocycles. The zero-order valence-electron chi connectivity index (χ0n) is 15.0. The van der Waals surface area contributed by atoms with Gasteiger partial charge in [0.2, 0.25) is 5.91 Å². The van der Waals surface area contributed by atoms with Crippen molar-refractivity contribution in [2.75, 3.05) is 26.3 Å². The molecule has 1 aromatic heterocycles. The molecule has 144 valence electrons. The number of benzene rings is 1. The number of amides is 1. The van der Waals surface area contributed by atoms with Crippen molar-refractivity contribution < 1.29 is 14.3 Å². The predicted octanol–water partition coefficient (Wildman–Crippen LogP) is 2.16. The summed E-state index contributed by atoms with van der Waals surface area (Å²) in [4.78, 5) is 31.5. The normalized spacial score (nSPS) is 21.1. The van der Waals surface area contributed by atoms with Crippen molar-refractivity contribution in [3.05, 3.63) is 39.4 Å². The molecule has 1 amide bonds. The van der Waals surface area contributed by atoms with Gasteiger partial charge in [0, 0.05) is 36.4 Å². The molecule has 2 aliphatic rings. The standard InChI is InChI=1S/C19H22BrN3O4/c20-14-3-4-16-15(10-14)18(25)23(12-21-16)7-5-17(24)22-6-1-2-13(11-22)19-26-8-9-27-19/h3-4,10,12-13,19H,1-2,5-9,11H2. The lowest BCUT2D eigenvalue weighted by Crippen LogP contribution is -2.44. The Balaban J connectivity index is 1.41. The van der Waals surface area contributed by atoms with E-state index in [1.54, 1.807) is 12.1 Å². The molecule has 0 saturated carbocycles. The first kappa shape index (κ1) is 18.6. The van der Waals surface area contributed by atoms with E-state index in [0.717, 1.165) is 23.9 Å². The Morgan fingerprint density at radius 1 is 1.30 bits per heavy atom. The summed E-state index contributed by atoms with van der Waals surface area (Å²) in [6, 6.07) is 5.42. The van der Waals surface area contributed by atoms with Crippen molar-refractivity contribution in [1.29, 1.82) is 0 Å². The fraction of sp³-hybridized carbons (Fsp3) is 0.526. The van der Waals surface area contributed by atoms with Crippen LogP contribution < -0.4 is 5.56 Å². The highest BCUT2D eigenvalue weighted by Gasteiger charge is 2.32. The van der Waals surface area contributed by atoms with Crippen LogP contribution in [0.2, 0.25) is 0 Å². The maximum Gasteiger partial charge on any atom is 0.261 e. The van der Waals surface area contributed by atoms with Crippen LogP contribution in [0.1, 0.15) is 19.3 Å². The predicted molar refractivity (Wildman–Crippen MR) is 103 cm³/mol. The van der Waals surface area contributed by atoms with Gasteiger partial charge in [0.25, 0.3) is 5.56 Å². The van der Waals surface area contributed by atoms with Gasteiger partial charge in [-0.15, -0.1) is 0 Å². The molecule has 2 aliphatic heterocycles. The SMILES string of the molecule is O=C(CCn1cnc2ccc(Br)cc2c1=O)N1CCCC(C2OCCO2)C1. The van der Waals surface area contributed by atoms with Gasteiger partial charge in [-0.1, -0.05) is 15.9 Å². The summed E-state index contributed by atoms with van der Waals surface area (Å²) < 4.78 is 13.5. The summed E-state index contributed by atoms with van der Waals surface area (Å²) in [7, 11) is 0. The molecule has 0 N–H and O–H groups in total. The lowest BCUT2D eigenvalue weighted by molar-refractivity contribution is -0.139. The first-order valence-electron chi connectivity index (χ1n) is 9.27. The molecular formula is C19H22BrN3O4. The summed E-state index contributed by atoms with van der Waals surface area (Å²) in [6.45, 7) is 2.98. The van der Waals surface area contributed by atoms with E-state index < -0.39 is 0 Å². The summed E-state index contributed by atoms with van der Waals surface area (Å²) in [5.74, 6) is 0.284. The molecule has 2 fully saturated rings. The van der Waals surface area contributed by atoms with Crippen LogP contribution in [0.3, 0.4) is 0 Å². The Hall–Kier alpha value is -1.77. The van der Waals surface area contributed by atoms with Gasteiger partial charge in [0.05, 0.1) is 30.4 Å². The molecule has 1 unspecified atom stereocenters. The largest absolute Gasteiger partial charge is 0.350 e. The zero-order chi connectivity index (χ0) is 18.8.